The molecule has 0 saturated carbocycles. The molecule has 3 nitrogen and oxygen atoms in total. The first kappa shape index (κ1) is 14.6. The van der Waals surface area contributed by atoms with Crippen molar-refractivity contribution in [2.24, 2.45) is 5.41 Å². The van der Waals surface area contributed by atoms with Gasteiger partial charge in [-0.25, -0.2) is 9.37 Å². The number of piperidine rings is 1. The van der Waals surface area contributed by atoms with Crippen LogP contribution in [-0.4, -0.2) is 31.2 Å². The summed E-state index contributed by atoms with van der Waals surface area (Å²) in [7, 11) is 0. The smallest absolute Gasteiger partial charge is 0.354 e. The highest BCUT2D eigenvalue weighted by atomic mass is 19.4. The topological polar surface area (TPSA) is 28.2 Å². The van der Waals surface area contributed by atoms with E-state index in [0.717, 1.165) is 32.4 Å². The summed E-state index contributed by atoms with van der Waals surface area (Å²) < 4.78 is 51.6. The van der Waals surface area contributed by atoms with Gasteiger partial charge in [-0.15, -0.1) is 0 Å². The normalized spacial score (nSPS) is 22.0. The van der Waals surface area contributed by atoms with Crippen LogP contribution in [0.5, 0.6) is 0 Å². The fraction of sp³-hybridized carbons (Fsp3) is 0.643. The molecule has 0 bridgehead atoms. The Balaban J connectivity index is 1.79. The summed E-state index contributed by atoms with van der Waals surface area (Å²) in [5.74, 6) is -0.853. The van der Waals surface area contributed by atoms with Gasteiger partial charge in [0.15, 0.2) is 11.6 Å². The van der Waals surface area contributed by atoms with Gasteiger partial charge >= 0.3 is 6.18 Å². The molecular weight excluding hydrogens is 286 g/mol. The molecule has 0 aliphatic carbocycles. The number of aromatic nitrogens is 1. The highest BCUT2D eigenvalue weighted by Gasteiger charge is 2.40. The molecule has 2 fully saturated rings. The lowest BCUT2D eigenvalue weighted by atomic mass is 9.78. The van der Waals surface area contributed by atoms with E-state index in [9.17, 15) is 17.6 Å². The van der Waals surface area contributed by atoms with E-state index in [2.05, 4.69) is 10.3 Å². The molecular formula is C14H17F4N3. The number of anilines is 1. The number of halogens is 4. The number of hydrogen-bond donors (Lipinski definition) is 1. The van der Waals surface area contributed by atoms with Crippen LogP contribution in [0.15, 0.2) is 12.3 Å². The molecule has 0 radical (unpaired) electrons. The molecule has 3 rings (SSSR count). The van der Waals surface area contributed by atoms with Gasteiger partial charge in [-0.05, 0) is 43.8 Å². The van der Waals surface area contributed by atoms with Crippen molar-refractivity contribution < 1.29 is 17.6 Å². The molecule has 1 aromatic heterocycles. The van der Waals surface area contributed by atoms with Crippen molar-refractivity contribution in [1.82, 2.24) is 10.3 Å². The Morgan fingerprint density at radius 3 is 2.52 bits per heavy atom. The highest BCUT2D eigenvalue weighted by Crippen LogP contribution is 2.41. The number of alkyl halides is 3. The summed E-state index contributed by atoms with van der Waals surface area (Å²) in [5.41, 5.74) is -0.887. The van der Waals surface area contributed by atoms with Gasteiger partial charge in [-0.2, -0.15) is 13.2 Å². The summed E-state index contributed by atoms with van der Waals surface area (Å²) >= 11 is 0. The second-order valence-electron chi connectivity index (χ2n) is 5.95. The monoisotopic (exact) mass is 303 g/mol. The van der Waals surface area contributed by atoms with Crippen molar-refractivity contribution in [3.05, 3.63) is 23.6 Å². The van der Waals surface area contributed by atoms with Crippen molar-refractivity contribution in [3.8, 4) is 0 Å². The van der Waals surface area contributed by atoms with Gasteiger partial charge in [0.2, 0.25) is 0 Å². The zero-order chi connectivity index (χ0) is 15.1. The second kappa shape index (κ2) is 5.12. The van der Waals surface area contributed by atoms with Crippen LogP contribution in [0, 0.1) is 11.2 Å². The lowest BCUT2D eigenvalue weighted by Crippen LogP contribution is -2.38. The maximum absolute atomic E-state index is 14.0. The first-order chi connectivity index (χ1) is 9.90. The molecule has 21 heavy (non-hydrogen) atoms. The van der Waals surface area contributed by atoms with Crippen molar-refractivity contribution in [2.75, 3.05) is 31.1 Å². The largest absolute Gasteiger partial charge is 0.417 e. The minimum Gasteiger partial charge on any atom is -0.354 e. The molecule has 0 amide bonds. The Morgan fingerprint density at radius 2 is 1.90 bits per heavy atom. The van der Waals surface area contributed by atoms with E-state index in [4.69, 9.17) is 0 Å². The zero-order valence-electron chi connectivity index (χ0n) is 11.5. The lowest BCUT2D eigenvalue weighted by Gasteiger charge is -2.33. The molecule has 2 saturated heterocycles. The maximum Gasteiger partial charge on any atom is 0.417 e. The van der Waals surface area contributed by atoms with Gasteiger partial charge in [-0.3, -0.25) is 0 Å². The third-order valence-electron chi connectivity index (χ3n) is 4.55. The molecule has 116 valence electrons. The van der Waals surface area contributed by atoms with E-state index in [-0.39, 0.29) is 11.2 Å². The van der Waals surface area contributed by atoms with Gasteiger partial charge in [-0.1, -0.05) is 0 Å². The molecule has 0 unspecified atom stereocenters. The lowest BCUT2D eigenvalue weighted by molar-refractivity contribution is -0.138. The molecule has 7 heteroatoms. The standard InChI is InChI=1S/C14H17F4N3/c15-11-7-10(14(16,17)18)8-20-12(11)21-6-3-13(9-21)1-4-19-5-2-13/h7-8,19H,1-6,9H2. The van der Waals surface area contributed by atoms with E-state index >= 15 is 0 Å². The van der Waals surface area contributed by atoms with E-state index in [1.807, 2.05) is 0 Å². The van der Waals surface area contributed by atoms with Crippen LogP contribution in [0.1, 0.15) is 24.8 Å². The molecule has 2 aliphatic rings. The number of nitrogens with one attached hydrogen (secondary N) is 1. The first-order valence-corrected chi connectivity index (χ1v) is 7.08. The van der Waals surface area contributed by atoms with Crippen LogP contribution in [0.4, 0.5) is 23.4 Å². The van der Waals surface area contributed by atoms with Gasteiger partial charge < -0.3 is 10.2 Å². The van der Waals surface area contributed by atoms with Crippen molar-refractivity contribution in [1.29, 1.82) is 0 Å². The summed E-state index contributed by atoms with van der Waals surface area (Å²) in [4.78, 5) is 5.50. The minimum absolute atomic E-state index is 0.0402. The van der Waals surface area contributed by atoms with Crippen LogP contribution >= 0.6 is 0 Å². The third-order valence-corrected chi connectivity index (χ3v) is 4.55. The zero-order valence-corrected chi connectivity index (χ0v) is 11.5. The van der Waals surface area contributed by atoms with Crippen LogP contribution in [0.2, 0.25) is 0 Å². The SMILES string of the molecule is Fc1cc(C(F)(F)F)cnc1N1CCC2(CCNCC2)C1. The Kier molecular flexibility index (Phi) is 3.55. The van der Waals surface area contributed by atoms with Gasteiger partial charge in [0.05, 0.1) is 5.56 Å². The number of pyridine rings is 1. The van der Waals surface area contributed by atoms with Crippen LogP contribution in [0.25, 0.3) is 0 Å². The van der Waals surface area contributed by atoms with Crippen LogP contribution < -0.4 is 10.2 Å². The van der Waals surface area contributed by atoms with E-state index in [1.54, 1.807) is 4.90 Å². The predicted octanol–water partition coefficient (Wildman–Crippen LogP) is 2.82. The molecule has 0 aromatic carbocycles. The average molecular weight is 303 g/mol. The molecule has 2 aliphatic heterocycles. The number of nitrogens with zero attached hydrogens (tertiary/aromatic N) is 2. The Labute approximate surface area is 120 Å². The Hall–Kier alpha value is -1.37. The third kappa shape index (κ3) is 2.84. The summed E-state index contributed by atoms with van der Waals surface area (Å²) in [5, 5.41) is 3.29. The van der Waals surface area contributed by atoms with E-state index in [0.29, 0.717) is 25.4 Å². The molecule has 0 atom stereocenters. The van der Waals surface area contributed by atoms with Gasteiger partial charge in [0, 0.05) is 19.3 Å². The van der Waals surface area contributed by atoms with Crippen molar-refractivity contribution in [2.45, 2.75) is 25.4 Å². The van der Waals surface area contributed by atoms with Gasteiger partial charge in [0.25, 0.3) is 0 Å². The van der Waals surface area contributed by atoms with E-state index < -0.39 is 17.6 Å². The number of hydrogen-bond acceptors (Lipinski definition) is 3. The fourth-order valence-corrected chi connectivity index (χ4v) is 3.30. The average Bonchev–Trinajstić information content (AvgIpc) is 2.82. The molecule has 1 N–H and O–H groups in total. The first-order valence-electron chi connectivity index (χ1n) is 7.08. The Bertz CT molecular complexity index is 523. The fourth-order valence-electron chi connectivity index (χ4n) is 3.30. The summed E-state index contributed by atoms with van der Waals surface area (Å²) in [6, 6.07) is 0.537. The van der Waals surface area contributed by atoms with Crippen molar-refractivity contribution in [3.63, 3.8) is 0 Å². The second-order valence-corrected chi connectivity index (χ2v) is 5.95. The van der Waals surface area contributed by atoms with Gasteiger partial charge in [0.1, 0.15) is 0 Å². The quantitative estimate of drug-likeness (QED) is 0.809. The molecule has 1 aromatic rings. The van der Waals surface area contributed by atoms with Crippen molar-refractivity contribution >= 4 is 5.82 Å². The van der Waals surface area contributed by atoms with Crippen LogP contribution in [0.3, 0.4) is 0 Å². The molecule has 3 heterocycles. The van der Waals surface area contributed by atoms with Crippen LogP contribution in [-0.2, 0) is 6.18 Å². The Morgan fingerprint density at radius 1 is 1.19 bits per heavy atom. The summed E-state index contributed by atoms with van der Waals surface area (Å²) in [6.07, 6.45) is -0.867. The van der Waals surface area contributed by atoms with E-state index in [1.165, 1.54) is 0 Å². The minimum atomic E-state index is -4.56. The summed E-state index contributed by atoms with van der Waals surface area (Å²) in [6.45, 7) is 3.20. The maximum atomic E-state index is 14.0. The number of rotatable bonds is 1. The molecule has 1 spiro atoms. The highest BCUT2D eigenvalue weighted by molar-refractivity contribution is 5.43. The predicted molar refractivity (Wildman–Crippen MR) is 70.6 cm³/mol.